The van der Waals surface area contributed by atoms with E-state index in [1.165, 1.54) is 38.5 Å². The second-order valence-corrected chi connectivity index (χ2v) is 7.87. The molecule has 4 fully saturated rings. The molecule has 0 saturated heterocycles. The lowest BCUT2D eigenvalue weighted by Gasteiger charge is -2.59. The quantitative estimate of drug-likeness (QED) is 0.590. The molecular weight excluding hydrogens is 260 g/mol. The highest BCUT2D eigenvalue weighted by Crippen LogP contribution is 2.64. The smallest absolute Gasteiger partial charge is 0.128 e. The van der Waals surface area contributed by atoms with E-state index in [9.17, 15) is 0 Å². The molecular formula is C17H26N4. The lowest BCUT2D eigenvalue weighted by atomic mass is 9.47. The number of anilines is 1. The Morgan fingerprint density at radius 3 is 2.29 bits per heavy atom. The number of hydrogen-bond acceptors (Lipinski definition) is 4. The fourth-order valence-corrected chi connectivity index (χ4v) is 5.96. The summed E-state index contributed by atoms with van der Waals surface area (Å²) in [5.74, 6) is 9.38. The van der Waals surface area contributed by atoms with Crippen LogP contribution in [0.25, 0.3) is 0 Å². The van der Waals surface area contributed by atoms with E-state index in [0.29, 0.717) is 11.2 Å². The molecule has 0 aromatic carbocycles. The average molecular weight is 286 g/mol. The molecule has 4 saturated carbocycles. The summed E-state index contributed by atoms with van der Waals surface area (Å²) in [4.78, 5) is 4.36. The van der Waals surface area contributed by atoms with Crippen LogP contribution in [0.5, 0.6) is 0 Å². The molecule has 4 aliphatic carbocycles. The zero-order valence-electron chi connectivity index (χ0n) is 12.8. The minimum absolute atomic E-state index is 0.151. The number of nitrogens with two attached hydrogens (primary N) is 2. The van der Waals surface area contributed by atoms with Crippen molar-refractivity contribution < 1.29 is 0 Å². The molecule has 1 aromatic heterocycles. The van der Waals surface area contributed by atoms with Crippen LogP contribution in [0.1, 0.15) is 55.7 Å². The van der Waals surface area contributed by atoms with E-state index in [2.05, 4.69) is 23.4 Å². The number of nitrogen functional groups attached to an aromatic ring is 1. The second kappa shape index (κ2) is 4.68. The first-order chi connectivity index (χ1) is 10.1. The summed E-state index contributed by atoms with van der Waals surface area (Å²) >= 11 is 0. The van der Waals surface area contributed by atoms with Gasteiger partial charge in [0.15, 0.2) is 0 Å². The van der Waals surface area contributed by atoms with Gasteiger partial charge >= 0.3 is 0 Å². The topological polar surface area (TPSA) is 77.0 Å². The lowest BCUT2D eigenvalue weighted by molar-refractivity contribution is -0.0748. The van der Waals surface area contributed by atoms with Gasteiger partial charge in [-0.25, -0.2) is 4.98 Å². The highest BCUT2D eigenvalue weighted by molar-refractivity contribution is 5.44. The highest BCUT2D eigenvalue weighted by Gasteiger charge is 2.54. The maximum atomic E-state index is 6.18. The van der Waals surface area contributed by atoms with Crippen molar-refractivity contribution in [1.82, 2.24) is 10.4 Å². The van der Waals surface area contributed by atoms with Crippen molar-refractivity contribution in [3.63, 3.8) is 0 Å². The third kappa shape index (κ3) is 2.08. The monoisotopic (exact) mass is 286 g/mol. The normalized spacial score (nSPS) is 38.7. The van der Waals surface area contributed by atoms with Crippen molar-refractivity contribution in [2.24, 2.45) is 29.0 Å². The van der Waals surface area contributed by atoms with E-state index in [0.717, 1.165) is 28.9 Å². The number of hydrogen-bond donors (Lipinski definition) is 3. The van der Waals surface area contributed by atoms with E-state index in [4.69, 9.17) is 11.6 Å². The van der Waals surface area contributed by atoms with E-state index in [1.54, 1.807) is 0 Å². The largest absolute Gasteiger partial charge is 0.383 e. The van der Waals surface area contributed by atoms with Crippen LogP contribution in [-0.2, 0) is 0 Å². The Hall–Kier alpha value is -1.13. The SMILES string of the molecule is Cc1cnc(N)c(C(NN)C23CC4CC(CC(C4)C2)C3)c1. The van der Waals surface area contributed by atoms with Crippen LogP contribution in [-0.4, -0.2) is 4.98 Å². The van der Waals surface area contributed by atoms with E-state index in [-0.39, 0.29) is 6.04 Å². The average Bonchev–Trinajstić information content (AvgIpc) is 2.41. The summed E-state index contributed by atoms with van der Waals surface area (Å²) < 4.78 is 0. The van der Waals surface area contributed by atoms with Gasteiger partial charge in [0, 0.05) is 11.8 Å². The van der Waals surface area contributed by atoms with Crippen LogP contribution < -0.4 is 17.0 Å². The molecule has 4 nitrogen and oxygen atoms in total. The van der Waals surface area contributed by atoms with Crippen molar-refractivity contribution >= 4 is 5.82 Å². The van der Waals surface area contributed by atoms with Gasteiger partial charge in [0.05, 0.1) is 6.04 Å². The molecule has 1 heterocycles. The van der Waals surface area contributed by atoms with Gasteiger partial charge in [-0.3, -0.25) is 11.3 Å². The molecule has 1 aromatic rings. The minimum Gasteiger partial charge on any atom is -0.383 e. The van der Waals surface area contributed by atoms with E-state index >= 15 is 0 Å². The molecule has 0 aliphatic heterocycles. The fourth-order valence-electron chi connectivity index (χ4n) is 5.96. The Morgan fingerprint density at radius 2 is 1.76 bits per heavy atom. The summed E-state index contributed by atoms with van der Waals surface area (Å²) in [5.41, 5.74) is 11.9. The van der Waals surface area contributed by atoms with Gasteiger partial charge < -0.3 is 5.73 Å². The van der Waals surface area contributed by atoms with Gasteiger partial charge in [-0.15, -0.1) is 0 Å². The number of aryl methyl sites for hydroxylation is 1. The van der Waals surface area contributed by atoms with Crippen LogP contribution in [0.2, 0.25) is 0 Å². The molecule has 4 aliphatic rings. The predicted octanol–water partition coefficient (Wildman–Crippen LogP) is 2.69. The summed E-state index contributed by atoms with van der Waals surface area (Å²) in [5, 5.41) is 0. The first-order valence-corrected chi connectivity index (χ1v) is 8.28. The van der Waals surface area contributed by atoms with Gasteiger partial charge in [-0.2, -0.15) is 0 Å². The third-order valence-electron chi connectivity index (χ3n) is 6.26. The molecule has 5 N–H and O–H groups in total. The van der Waals surface area contributed by atoms with Crippen molar-refractivity contribution in [3.05, 3.63) is 23.4 Å². The zero-order chi connectivity index (χ0) is 14.6. The van der Waals surface area contributed by atoms with Crippen molar-refractivity contribution in [3.8, 4) is 0 Å². The van der Waals surface area contributed by atoms with Crippen molar-refractivity contribution in [2.75, 3.05) is 5.73 Å². The first kappa shape index (κ1) is 13.5. The van der Waals surface area contributed by atoms with Gasteiger partial charge in [0.25, 0.3) is 0 Å². The molecule has 0 amide bonds. The second-order valence-electron chi connectivity index (χ2n) is 7.87. The molecule has 0 radical (unpaired) electrons. The maximum Gasteiger partial charge on any atom is 0.128 e. The minimum atomic E-state index is 0.151. The van der Waals surface area contributed by atoms with Crippen LogP contribution in [0.15, 0.2) is 12.3 Å². The number of nitrogens with zero attached hydrogens (tertiary/aromatic N) is 1. The van der Waals surface area contributed by atoms with E-state index in [1.807, 2.05) is 6.20 Å². The summed E-state index contributed by atoms with van der Waals surface area (Å²) in [6.07, 6.45) is 10.1. The molecule has 114 valence electrons. The Morgan fingerprint density at radius 1 is 1.19 bits per heavy atom. The van der Waals surface area contributed by atoms with E-state index < -0.39 is 0 Å². The summed E-state index contributed by atoms with van der Waals surface area (Å²) in [7, 11) is 0. The predicted molar refractivity (Wildman–Crippen MR) is 84.1 cm³/mol. The zero-order valence-corrected chi connectivity index (χ0v) is 12.8. The van der Waals surface area contributed by atoms with Crippen LogP contribution in [0, 0.1) is 30.1 Å². The maximum absolute atomic E-state index is 6.18. The van der Waals surface area contributed by atoms with Crippen molar-refractivity contribution in [1.29, 1.82) is 0 Å². The standard InChI is InChI=1S/C17H26N4/c1-10-2-14(16(18)20-9-10)15(21-19)17-6-11-3-12(7-17)5-13(4-11)8-17/h2,9,11-13,15,21H,3-8,19H2,1H3,(H2,18,20). The van der Waals surface area contributed by atoms with Crippen molar-refractivity contribution in [2.45, 2.75) is 51.5 Å². The molecule has 1 atom stereocenters. The molecule has 1 unspecified atom stereocenters. The third-order valence-corrected chi connectivity index (χ3v) is 6.26. The number of aromatic nitrogens is 1. The Kier molecular flexibility index (Phi) is 3.02. The van der Waals surface area contributed by atoms with Gasteiger partial charge in [-0.1, -0.05) is 0 Å². The molecule has 4 bridgehead atoms. The molecule has 5 rings (SSSR count). The number of pyridine rings is 1. The van der Waals surface area contributed by atoms with Gasteiger partial charge in [-0.05, 0) is 80.2 Å². The number of nitrogens with one attached hydrogen (secondary N) is 1. The van der Waals surface area contributed by atoms with Crippen LogP contribution >= 0.6 is 0 Å². The van der Waals surface area contributed by atoms with Crippen LogP contribution in [0.4, 0.5) is 5.82 Å². The summed E-state index contributed by atoms with van der Waals surface area (Å²) in [6, 6.07) is 2.32. The Balaban J connectivity index is 1.74. The van der Waals surface area contributed by atoms with Gasteiger partial charge in [0.1, 0.15) is 5.82 Å². The first-order valence-electron chi connectivity index (χ1n) is 8.28. The number of hydrazine groups is 1. The highest BCUT2D eigenvalue weighted by atomic mass is 15.2. The Labute approximate surface area is 126 Å². The Bertz CT molecular complexity index is 518. The molecule has 4 heteroatoms. The summed E-state index contributed by atoms with van der Waals surface area (Å²) in [6.45, 7) is 2.07. The molecule has 0 spiro atoms. The number of rotatable bonds is 3. The molecule has 21 heavy (non-hydrogen) atoms. The van der Waals surface area contributed by atoms with Gasteiger partial charge in [0.2, 0.25) is 0 Å². The lowest BCUT2D eigenvalue weighted by Crippen LogP contribution is -2.53. The fraction of sp³-hybridized carbons (Fsp3) is 0.706. The van der Waals surface area contributed by atoms with Crippen LogP contribution in [0.3, 0.4) is 0 Å².